The lowest BCUT2D eigenvalue weighted by Gasteiger charge is -2.05. The van der Waals surface area contributed by atoms with Gasteiger partial charge in [0.15, 0.2) is 0 Å². The van der Waals surface area contributed by atoms with Gasteiger partial charge >= 0.3 is 6.18 Å². The maximum Gasteiger partial charge on any atom is 0.416 e. The van der Waals surface area contributed by atoms with Crippen molar-refractivity contribution in [2.45, 2.75) is 6.18 Å². The molecule has 3 N–H and O–H groups in total. The molecule has 2 rings (SSSR count). The van der Waals surface area contributed by atoms with Crippen molar-refractivity contribution in [1.82, 2.24) is 10.2 Å². The van der Waals surface area contributed by atoms with Crippen LogP contribution in [0.4, 0.5) is 18.9 Å². The van der Waals surface area contributed by atoms with E-state index in [0.717, 1.165) is 12.1 Å². The van der Waals surface area contributed by atoms with Gasteiger partial charge in [0.05, 0.1) is 5.56 Å². The average molecular weight is 229 g/mol. The van der Waals surface area contributed by atoms with E-state index in [0.29, 0.717) is 5.69 Å². The van der Waals surface area contributed by atoms with E-state index in [1.54, 1.807) is 12.4 Å². The Bertz CT molecular complexity index is 375. The summed E-state index contributed by atoms with van der Waals surface area (Å²) in [6.45, 7) is 0. The number of hydrogen-bond acceptors (Lipinski definition) is 2. The van der Waals surface area contributed by atoms with Gasteiger partial charge in [-0.3, -0.25) is 5.10 Å². The minimum absolute atomic E-state index is 0.331. The second-order valence-corrected chi connectivity index (χ2v) is 2.89. The molecule has 0 unspecified atom stereocenters. The van der Waals surface area contributed by atoms with Crippen molar-refractivity contribution in [3.63, 3.8) is 0 Å². The summed E-state index contributed by atoms with van der Waals surface area (Å²) in [5.74, 6) is 0. The third-order valence-electron chi connectivity index (χ3n) is 1.64. The molecule has 0 aliphatic carbocycles. The summed E-state index contributed by atoms with van der Waals surface area (Å²) in [6.07, 6.45) is -0.812. The van der Waals surface area contributed by atoms with E-state index in [2.05, 4.69) is 10.2 Å². The van der Waals surface area contributed by atoms with Crippen molar-refractivity contribution in [1.29, 1.82) is 0 Å². The molecule has 0 amide bonds. The number of nitrogens with one attached hydrogen (secondary N) is 1. The SMILES string of the molecule is Nc1ccc(C(F)(F)F)cc1.c1cn[nH]c1. The van der Waals surface area contributed by atoms with Crippen molar-refractivity contribution in [2.75, 3.05) is 5.73 Å². The van der Waals surface area contributed by atoms with Crippen molar-refractivity contribution >= 4 is 5.69 Å². The fourth-order valence-corrected chi connectivity index (χ4v) is 0.887. The lowest BCUT2D eigenvalue weighted by molar-refractivity contribution is -0.137. The molecule has 3 nitrogen and oxygen atoms in total. The van der Waals surface area contributed by atoms with Crippen LogP contribution in [-0.2, 0) is 6.18 Å². The largest absolute Gasteiger partial charge is 0.416 e. The van der Waals surface area contributed by atoms with Gasteiger partial charge in [0, 0.05) is 18.1 Å². The van der Waals surface area contributed by atoms with Gasteiger partial charge in [-0.05, 0) is 30.3 Å². The Hall–Kier alpha value is -1.98. The summed E-state index contributed by atoms with van der Waals surface area (Å²) in [5.41, 5.74) is 4.86. The van der Waals surface area contributed by atoms with E-state index in [4.69, 9.17) is 5.73 Å². The molecule has 0 atom stereocenters. The molecular weight excluding hydrogens is 219 g/mol. The number of aromatic amines is 1. The molecule has 0 radical (unpaired) electrons. The minimum atomic E-state index is -4.27. The van der Waals surface area contributed by atoms with Crippen molar-refractivity contribution in [3.8, 4) is 0 Å². The third kappa shape index (κ3) is 4.04. The number of benzene rings is 1. The molecule has 0 spiro atoms. The average Bonchev–Trinajstić information content (AvgIpc) is 2.74. The number of H-pyrrole nitrogens is 1. The smallest absolute Gasteiger partial charge is 0.399 e. The topological polar surface area (TPSA) is 54.7 Å². The number of rotatable bonds is 0. The first-order chi connectivity index (χ1) is 7.50. The molecule has 1 heterocycles. The van der Waals surface area contributed by atoms with Crippen LogP contribution in [0, 0.1) is 0 Å². The maximum absolute atomic E-state index is 11.9. The summed E-state index contributed by atoms with van der Waals surface area (Å²) in [6, 6.07) is 6.19. The summed E-state index contributed by atoms with van der Waals surface area (Å²) in [4.78, 5) is 0. The Labute approximate surface area is 90.1 Å². The predicted octanol–water partition coefficient (Wildman–Crippen LogP) is 2.70. The molecule has 0 aliphatic rings. The minimum Gasteiger partial charge on any atom is -0.399 e. The number of anilines is 1. The van der Waals surface area contributed by atoms with Crippen LogP contribution in [0.15, 0.2) is 42.7 Å². The standard InChI is InChI=1S/C7H6F3N.C3H4N2/c8-7(9,10)5-1-3-6(11)4-2-5;1-2-4-5-3-1/h1-4H,11H2;1-3H,(H,4,5). The molecular formula is C10H10F3N3. The van der Waals surface area contributed by atoms with Crippen LogP contribution in [0.25, 0.3) is 0 Å². The van der Waals surface area contributed by atoms with Crippen LogP contribution in [-0.4, -0.2) is 10.2 Å². The van der Waals surface area contributed by atoms with Gasteiger partial charge in [-0.25, -0.2) is 0 Å². The summed E-state index contributed by atoms with van der Waals surface area (Å²) in [7, 11) is 0. The quantitative estimate of drug-likeness (QED) is 0.682. The van der Waals surface area contributed by atoms with Crippen molar-refractivity contribution in [3.05, 3.63) is 48.3 Å². The van der Waals surface area contributed by atoms with E-state index >= 15 is 0 Å². The highest BCUT2D eigenvalue weighted by Gasteiger charge is 2.29. The predicted molar refractivity (Wildman–Crippen MR) is 54.4 cm³/mol. The zero-order valence-corrected chi connectivity index (χ0v) is 8.20. The van der Waals surface area contributed by atoms with Crippen LogP contribution >= 0.6 is 0 Å². The number of nitrogens with zero attached hydrogens (tertiary/aromatic N) is 1. The van der Waals surface area contributed by atoms with Gasteiger partial charge in [-0.1, -0.05) is 0 Å². The molecule has 0 saturated heterocycles. The molecule has 0 saturated carbocycles. The van der Waals surface area contributed by atoms with Gasteiger partial charge in [0.1, 0.15) is 0 Å². The van der Waals surface area contributed by atoms with Crippen LogP contribution < -0.4 is 5.73 Å². The molecule has 86 valence electrons. The molecule has 16 heavy (non-hydrogen) atoms. The Balaban J connectivity index is 0.000000212. The van der Waals surface area contributed by atoms with Crippen molar-refractivity contribution in [2.24, 2.45) is 0 Å². The molecule has 0 bridgehead atoms. The van der Waals surface area contributed by atoms with Crippen molar-refractivity contribution < 1.29 is 13.2 Å². The Kier molecular flexibility index (Phi) is 3.93. The maximum atomic E-state index is 11.9. The van der Waals surface area contributed by atoms with Gasteiger partial charge in [0.25, 0.3) is 0 Å². The van der Waals surface area contributed by atoms with Gasteiger partial charge in [0.2, 0.25) is 0 Å². The monoisotopic (exact) mass is 229 g/mol. The van der Waals surface area contributed by atoms with E-state index < -0.39 is 11.7 Å². The van der Waals surface area contributed by atoms with E-state index in [1.165, 1.54) is 12.1 Å². The highest BCUT2D eigenvalue weighted by Crippen LogP contribution is 2.29. The summed E-state index contributed by atoms with van der Waals surface area (Å²) < 4.78 is 35.6. The molecule has 2 aromatic rings. The highest BCUT2D eigenvalue weighted by atomic mass is 19.4. The third-order valence-corrected chi connectivity index (χ3v) is 1.64. The lowest BCUT2D eigenvalue weighted by Crippen LogP contribution is -2.04. The Morgan fingerprint density at radius 2 is 1.75 bits per heavy atom. The lowest BCUT2D eigenvalue weighted by atomic mass is 10.2. The van der Waals surface area contributed by atoms with Crippen LogP contribution in [0.5, 0.6) is 0 Å². The summed E-state index contributed by atoms with van der Waals surface area (Å²) in [5, 5.41) is 6.21. The van der Waals surface area contributed by atoms with E-state index in [1.807, 2.05) is 6.07 Å². The second kappa shape index (κ2) is 5.20. The number of halogens is 3. The number of alkyl halides is 3. The fourth-order valence-electron chi connectivity index (χ4n) is 0.887. The zero-order valence-electron chi connectivity index (χ0n) is 8.20. The van der Waals surface area contributed by atoms with Gasteiger partial charge in [-0.15, -0.1) is 0 Å². The number of nitrogen functional groups attached to an aromatic ring is 1. The number of nitrogens with two attached hydrogens (primary N) is 1. The molecule has 0 fully saturated rings. The first kappa shape index (κ1) is 12.1. The highest BCUT2D eigenvalue weighted by molar-refractivity contribution is 5.39. The first-order valence-electron chi connectivity index (χ1n) is 4.36. The normalized spacial score (nSPS) is 10.4. The van der Waals surface area contributed by atoms with E-state index in [-0.39, 0.29) is 0 Å². The van der Waals surface area contributed by atoms with Gasteiger partial charge < -0.3 is 5.73 Å². The first-order valence-corrected chi connectivity index (χ1v) is 4.36. The Morgan fingerprint density at radius 3 is 2.06 bits per heavy atom. The number of hydrogen-bond donors (Lipinski definition) is 2. The molecule has 1 aromatic heterocycles. The van der Waals surface area contributed by atoms with Crippen LogP contribution in [0.3, 0.4) is 0 Å². The van der Waals surface area contributed by atoms with Crippen LogP contribution in [0.2, 0.25) is 0 Å². The second-order valence-electron chi connectivity index (χ2n) is 2.89. The molecule has 0 aliphatic heterocycles. The van der Waals surface area contributed by atoms with Gasteiger partial charge in [-0.2, -0.15) is 18.3 Å². The molecule has 1 aromatic carbocycles. The molecule has 6 heteroatoms. The Morgan fingerprint density at radius 1 is 1.12 bits per heavy atom. The zero-order chi connectivity index (χ0) is 12.0. The van der Waals surface area contributed by atoms with E-state index in [9.17, 15) is 13.2 Å². The van der Waals surface area contributed by atoms with Crippen LogP contribution in [0.1, 0.15) is 5.56 Å². The fraction of sp³-hybridized carbons (Fsp3) is 0.100. The number of aromatic nitrogens is 2. The summed E-state index contributed by atoms with van der Waals surface area (Å²) >= 11 is 0.